The molecule has 4 rings (SSSR count). The first-order chi connectivity index (χ1) is 13.1. The van der Waals surface area contributed by atoms with Gasteiger partial charge in [-0.2, -0.15) is 5.10 Å². The van der Waals surface area contributed by atoms with Crippen LogP contribution in [0.15, 0.2) is 82.3 Å². The summed E-state index contributed by atoms with van der Waals surface area (Å²) in [4.78, 5) is 0. The van der Waals surface area contributed by atoms with E-state index in [0.717, 1.165) is 16.6 Å². The topological polar surface area (TPSA) is 37.5 Å². The summed E-state index contributed by atoms with van der Waals surface area (Å²) in [5.41, 5.74) is 6.64. The second kappa shape index (κ2) is 7.47. The SMILES string of the molecule is Cc1ccc(-c2c/c(=N\Nc3ccccc3)c3cc(Cl)cc(Cl)c3o2)cc1. The second-order valence-electron chi connectivity index (χ2n) is 6.22. The lowest BCUT2D eigenvalue weighted by molar-refractivity contribution is 0.618. The highest BCUT2D eigenvalue weighted by atomic mass is 35.5. The maximum absolute atomic E-state index is 6.40. The predicted molar refractivity (Wildman–Crippen MR) is 112 cm³/mol. The van der Waals surface area contributed by atoms with E-state index in [1.807, 2.05) is 67.6 Å². The molecule has 0 spiro atoms. The molecule has 0 radical (unpaired) electrons. The van der Waals surface area contributed by atoms with Crippen LogP contribution >= 0.6 is 23.2 Å². The number of nitrogens with zero attached hydrogens (tertiary/aromatic N) is 1. The Morgan fingerprint density at radius 3 is 2.37 bits per heavy atom. The van der Waals surface area contributed by atoms with E-state index in [2.05, 4.69) is 10.5 Å². The zero-order valence-corrected chi connectivity index (χ0v) is 16.1. The van der Waals surface area contributed by atoms with Crippen LogP contribution in [0.3, 0.4) is 0 Å². The third kappa shape index (κ3) is 3.85. The summed E-state index contributed by atoms with van der Waals surface area (Å²) in [6.07, 6.45) is 0. The Bertz CT molecular complexity index is 1170. The summed E-state index contributed by atoms with van der Waals surface area (Å²) in [6.45, 7) is 2.05. The molecule has 0 saturated carbocycles. The monoisotopic (exact) mass is 394 g/mol. The van der Waals surface area contributed by atoms with Crippen molar-refractivity contribution in [1.82, 2.24) is 0 Å². The first-order valence-electron chi connectivity index (χ1n) is 8.45. The van der Waals surface area contributed by atoms with Crippen LogP contribution in [0.1, 0.15) is 5.56 Å². The van der Waals surface area contributed by atoms with Crippen molar-refractivity contribution in [3.63, 3.8) is 0 Å². The second-order valence-corrected chi connectivity index (χ2v) is 7.06. The zero-order chi connectivity index (χ0) is 18.8. The van der Waals surface area contributed by atoms with Gasteiger partial charge in [0.25, 0.3) is 0 Å². The van der Waals surface area contributed by atoms with Crippen LogP contribution < -0.4 is 10.8 Å². The molecule has 5 heteroatoms. The first kappa shape index (κ1) is 17.7. The Morgan fingerprint density at radius 2 is 1.63 bits per heavy atom. The lowest BCUT2D eigenvalue weighted by Crippen LogP contribution is -2.07. The number of nitrogens with one attached hydrogen (secondary N) is 1. The summed E-state index contributed by atoms with van der Waals surface area (Å²) < 4.78 is 6.09. The minimum Gasteiger partial charge on any atom is -0.454 e. The van der Waals surface area contributed by atoms with Gasteiger partial charge in [-0.3, -0.25) is 5.43 Å². The van der Waals surface area contributed by atoms with Crippen molar-refractivity contribution in [2.24, 2.45) is 5.10 Å². The van der Waals surface area contributed by atoms with E-state index < -0.39 is 0 Å². The van der Waals surface area contributed by atoms with Crippen molar-refractivity contribution in [2.75, 3.05) is 5.43 Å². The van der Waals surface area contributed by atoms with E-state index in [9.17, 15) is 0 Å². The van der Waals surface area contributed by atoms with E-state index in [0.29, 0.717) is 26.7 Å². The molecule has 0 amide bonds. The maximum Gasteiger partial charge on any atom is 0.155 e. The van der Waals surface area contributed by atoms with E-state index in [4.69, 9.17) is 27.6 Å². The van der Waals surface area contributed by atoms with E-state index in [1.165, 1.54) is 5.56 Å². The summed E-state index contributed by atoms with van der Waals surface area (Å²) >= 11 is 12.6. The largest absolute Gasteiger partial charge is 0.454 e. The van der Waals surface area contributed by atoms with E-state index in [1.54, 1.807) is 12.1 Å². The molecule has 0 fully saturated rings. The molecule has 0 saturated heterocycles. The molecular weight excluding hydrogens is 379 g/mol. The minimum absolute atomic E-state index is 0.447. The molecular formula is C22H16Cl2N2O. The van der Waals surface area contributed by atoms with Gasteiger partial charge in [0.1, 0.15) is 5.76 Å². The molecule has 0 unspecified atom stereocenters. The van der Waals surface area contributed by atoms with Gasteiger partial charge in [0, 0.05) is 22.0 Å². The van der Waals surface area contributed by atoms with Crippen LogP contribution in [-0.4, -0.2) is 0 Å². The molecule has 1 aromatic heterocycles. The normalized spacial score (nSPS) is 11.7. The van der Waals surface area contributed by atoms with Crippen LogP contribution in [0.25, 0.3) is 22.3 Å². The number of hydrogen-bond donors (Lipinski definition) is 1. The van der Waals surface area contributed by atoms with Gasteiger partial charge in [0.15, 0.2) is 5.58 Å². The summed E-state index contributed by atoms with van der Waals surface area (Å²) in [5, 5.41) is 6.98. The van der Waals surface area contributed by atoms with Crippen LogP contribution in [0.2, 0.25) is 10.0 Å². The average molecular weight is 395 g/mol. The molecule has 1 heterocycles. The highest BCUT2D eigenvalue weighted by Gasteiger charge is 2.10. The van der Waals surface area contributed by atoms with Crippen molar-refractivity contribution in [1.29, 1.82) is 0 Å². The fourth-order valence-electron chi connectivity index (χ4n) is 2.79. The van der Waals surface area contributed by atoms with Gasteiger partial charge in [-0.25, -0.2) is 0 Å². The van der Waals surface area contributed by atoms with Gasteiger partial charge in [-0.05, 0) is 31.2 Å². The molecule has 4 aromatic rings. The standard InChI is InChI=1S/C22H16Cl2N2O/c1-14-7-9-15(10-8-14)21-13-20(26-25-17-5-3-2-4-6-17)18-11-16(23)12-19(24)22(18)27-21/h2-13,25H,1H3/b26-20+. The number of aryl methyl sites for hydroxylation is 1. The fourth-order valence-corrected chi connectivity index (χ4v) is 3.32. The lowest BCUT2D eigenvalue weighted by atomic mass is 10.1. The number of halogens is 2. The molecule has 0 atom stereocenters. The molecule has 0 aliphatic rings. The molecule has 3 nitrogen and oxygen atoms in total. The molecule has 3 aromatic carbocycles. The quantitative estimate of drug-likeness (QED) is 0.395. The average Bonchev–Trinajstić information content (AvgIpc) is 2.68. The predicted octanol–water partition coefficient (Wildman–Crippen LogP) is 6.64. The van der Waals surface area contributed by atoms with Gasteiger partial charge in [-0.1, -0.05) is 71.2 Å². The molecule has 0 bridgehead atoms. The lowest BCUT2D eigenvalue weighted by Gasteiger charge is -2.08. The third-order valence-corrected chi connectivity index (χ3v) is 4.68. The Morgan fingerprint density at radius 1 is 0.889 bits per heavy atom. The first-order valence-corrected chi connectivity index (χ1v) is 9.20. The number of benzene rings is 3. The van der Waals surface area contributed by atoms with E-state index in [-0.39, 0.29) is 0 Å². The highest BCUT2D eigenvalue weighted by molar-refractivity contribution is 6.38. The Kier molecular flexibility index (Phi) is 4.88. The zero-order valence-electron chi connectivity index (χ0n) is 14.5. The molecule has 134 valence electrons. The number of hydrogen-bond acceptors (Lipinski definition) is 3. The molecule has 27 heavy (non-hydrogen) atoms. The van der Waals surface area contributed by atoms with Crippen LogP contribution in [0, 0.1) is 6.92 Å². The van der Waals surface area contributed by atoms with Crippen molar-refractivity contribution in [3.8, 4) is 11.3 Å². The summed E-state index contributed by atoms with van der Waals surface area (Å²) in [5.74, 6) is 0.681. The van der Waals surface area contributed by atoms with Crippen LogP contribution in [0.4, 0.5) is 5.69 Å². The highest BCUT2D eigenvalue weighted by Crippen LogP contribution is 2.30. The summed E-state index contributed by atoms with van der Waals surface area (Å²) in [6, 6.07) is 23.2. The fraction of sp³-hybridized carbons (Fsp3) is 0.0455. The molecule has 1 N–H and O–H groups in total. The number of anilines is 1. The van der Waals surface area contributed by atoms with Crippen molar-refractivity contribution in [3.05, 3.63) is 93.8 Å². The van der Waals surface area contributed by atoms with Gasteiger partial charge in [0.2, 0.25) is 0 Å². The van der Waals surface area contributed by atoms with E-state index >= 15 is 0 Å². The number of rotatable bonds is 3. The van der Waals surface area contributed by atoms with Crippen molar-refractivity contribution in [2.45, 2.75) is 6.92 Å². The van der Waals surface area contributed by atoms with Crippen LogP contribution in [-0.2, 0) is 0 Å². The van der Waals surface area contributed by atoms with Gasteiger partial charge in [-0.15, -0.1) is 0 Å². The van der Waals surface area contributed by atoms with Gasteiger partial charge in [0.05, 0.1) is 16.1 Å². The number of para-hydroxylation sites is 1. The van der Waals surface area contributed by atoms with Crippen molar-refractivity contribution < 1.29 is 4.42 Å². The van der Waals surface area contributed by atoms with Gasteiger partial charge < -0.3 is 4.42 Å². The minimum atomic E-state index is 0.447. The summed E-state index contributed by atoms with van der Waals surface area (Å²) in [7, 11) is 0. The van der Waals surface area contributed by atoms with Crippen molar-refractivity contribution >= 4 is 39.9 Å². The Labute approximate surface area is 166 Å². The van der Waals surface area contributed by atoms with Gasteiger partial charge >= 0.3 is 0 Å². The molecule has 0 aliphatic heterocycles. The van der Waals surface area contributed by atoms with Crippen LogP contribution in [0.5, 0.6) is 0 Å². The Hall–Kier alpha value is -2.75. The number of fused-ring (bicyclic) bond motifs is 1. The smallest absolute Gasteiger partial charge is 0.155 e. The third-order valence-electron chi connectivity index (χ3n) is 4.18. The molecule has 0 aliphatic carbocycles. The Balaban J connectivity index is 1.93. The maximum atomic E-state index is 6.40.